The van der Waals surface area contributed by atoms with Gasteiger partial charge in [-0.1, -0.05) is 0 Å². The Morgan fingerprint density at radius 3 is 2.88 bits per heavy atom. The average molecular weight is 347 g/mol. The molecular weight excluding hydrogens is 317 g/mol. The number of benzene rings is 1. The Morgan fingerprint density at radius 2 is 2.12 bits per heavy atom. The fourth-order valence-electron chi connectivity index (χ4n) is 4.09. The molecular formula is C20H30FN3O. The second-order valence-electron chi connectivity index (χ2n) is 7.52. The summed E-state index contributed by atoms with van der Waals surface area (Å²) in [5.41, 5.74) is 2.04. The second-order valence-corrected chi connectivity index (χ2v) is 7.52. The summed E-state index contributed by atoms with van der Waals surface area (Å²) in [6.45, 7) is 5.89. The van der Waals surface area contributed by atoms with Crippen molar-refractivity contribution in [1.82, 2.24) is 10.6 Å². The summed E-state index contributed by atoms with van der Waals surface area (Å²) in [6.07, 6.45) is 6.09. The fourth-order valence-corrected chi connectivity index (χ4v) is 4.09. The molecule has 0 radical (unpaired) electrons. The number of hydrogen-bond donors (Lipinski definition) is 2. The zero-order valence-corrected chi connectivity index (χ0v) is 15.2. The number of amides is 1. The van der Waals surface area contributed by atoms with Gasteiger partial charge in [0.05, 0.1) is 0 Å². The third-order valence-corrected chi connectivity index (χ3v) is 5.52. The number of hydrogen-bond acceptors (Lipinski definition) is 3. The van der Waals surface area contributed by atoms with Crippen molar-refractivity contribution in [2.24, 2.45) is 5.92 Å². The lowest BCUT2D eigenvalue weighted by atomic mass is 9.93. The highest BCUT2D eigenvalue weighted by Crippen LogP contribution is 2.25. The molecule has 1 aromatic rings. The zero-order chi connectivity index (χ0) is 17.6. The van der Waals surface area contributed by atoms with Crippen LogP contribution in [-0.2, 0) is 4.79 Å². The number of aryl methyl sites for hydroxylation is 1. The number of piperidine rings is 2. The summed E-state index contributed by atoms with van der Waals surface area (Å²) in [5, 5.41) is 6.59. The topological polar surface area (TPSA) is 44.4 Å². The van der Waals surface area contributed by atoms with Crippen LogP contribution in [0.25, 0.3) is 0 Å². The summed E-state index contributed by atoms with van der Waals surface area (Å²) in [6, 6.07) is 5.14. The SMILES string of the molecule is Cc1cc(F)ccc1N1CCCC(NC(=O)CCC2CCNCC2)C1. The normalized spacial score (nSPS) is 22.0. The third-order valence-electron chi connectivity index (χ3n) is 5.52. The zero-order valence-electron chi connectivity index (χ0n) is 15.2. The Balaban J connectivity index is 1.48. The number of carbonyl (C=O) groups excluding carboxylic acids is 1. The predicted molar refractivity (Wildman–Crippen MR) is 99.3 cm³/mol. The van der Waals surface area contributed by atoms with E-state index in [9.17, 15) is 9.18 Å². The Kier molecular flexibility index (Phi) is 6.29. The lowest BCUT2D eigenvalue weighted by Gasteiger charge is -2.35. The van der Waals surface area contributed by atoms with Gasteiger partial charge in [-0.25, -0.2) is 4.39 Å². The molecule has 3 rings (SSSR count). The van der Waals surface area contributed by atoms with Crippen LogP contribution in [0.1, 0.15) is 44.1 Å². The van der Waals surface area contributed by atoms with Crippen LogP contribution in [0.5, 0.6) is 0 Å². The summed E-state index contributed by atoms with van der Waals surface area (Å²) >= 11 is 0. The van der Waals surface area contributed by atoms with Crippen LogP contribution in [0.15, 0.2) is 18.2 Å². The van der Waals surface area contributed by atoms with Gasteiger partial charge in [0, 0.05) is 31.2 Å². The van der Waals surface area contributed by atoms with Crippen molar-refractivity contribution in [3.05, 3.63) is 29.6 Å². The number of halogens is 1. The van der Waals surface area contributed by atoms with E-state index in [-0.39, 0.29) is 17.8 Å². The van der Waals surface area contributed by atoms with Crippen molar-refractivity contribution < 1.29 is 9.18 Å². The van der Waals surface area contributed by atoms with Crippen molar-refractivity contribution in [3.63, 3.8) is 0 Å². The smallest absolute Gasteiger partial charge is 0.220 e. The van der Waals surface area contributed by atoms with Gasteiger partial charge in [0.2, 0.25) is 5.91 Å². The standard InChI is InChI=1S/C20H30FN3O/c1-15-13-17(21)5-6-19(15)24-12-2-3-18(14-24)23-20(25)7-4-16-8-10-22-11-9-16/h5-6,13,16,18,22H,2-4,7-12,14H2,1H3,(H,23,25). The molecule has 1 unspecified atom stereocenters. The van der Waals surface area contributed by atoms with Gasteiger partial charge in [0.25, 0.3) is 0 Å². The number of nitrogens with one attached hydrogen (secondary N) is 2. The van der Waals surface area contributed by atoms with Gasteiger partial charge in [0.1, 0.15) is 5.82 Å². The minimum Gasteiger partial charge on any atom is -0.369 e. The molecule has 2 fully saturated rings. The number of carbonyl (C=O) groups is 1. The molecule has 0 spiro atoms. The maximum absolute atomic E-state index is 13.3. The Hall–Kier alpha value is -1.62. The van der Waals surface area contributed by atoms with Crippen LogP contribution in [-0.4, -0.2) is 38.1 Å². The minimum atomic E-state index is -0.193. The lowest BCUT2D eigenvalue weighted by Crippen LogP contribution is -2.48. The van der Waals surface area contributed by atoms with Gasteiger partial charge < -0.3 is 15.5 Å². The molecule has 138 valence electrons. The molecule has 0 aromatic heterocycles. The second kappa shape index (κ2) is 8.65. The first-order chi connectivity index (χ1) is 12.1. The maximum atomic E-state index is 13.3. The molecule has 1 atom stereocenters. The molecule has 2 heterocycles. The maximum Gasteiger partial charge on any atom is 0.220 e. The van der Waals surface area contributed by atoms with Crippen LogP contribution in [0.3, 0.4) is 0 Å². The monoisotopic (exact) mass is 347 g/mol. The van der Waals surface area contributed by atoms with Crippen molar-refractivity contribution in [3.8, 4) is 0 Å². The van der Waals surface area contributed by atoms with Crippen molar-refractivity contribution >= 4 is 11.6 Å². The van der Waals surface area contributed by atoms with E-state index in [1.54, 1.807) is 6.07 Å². The number of rotatable bonds is 5. The quantitative estimate of drug-likeness (QED) is 0.861. The van der Waals surface area contributed by atoms with Crippen LogP contribution in [0, 0.1) is 18.7 Å². The van der Waals surface area contributed by atoms with Crippen molar-refractivity contribution in [1.29, 1.82) is 0 Å². The molecule has 1 aromatic carbocycles. The third kappa shape index (κ3) is 5.18. The molecule has 1 amide bonds. The van der Waals surface area contributed by atoms with E-state index in [4.69, 9.17) is 0 Å². The van der Waals surface area contributed by atoms with Gasteiger partial charge in [-0.15, -0.1) is 0 Å². The average Bonchev–Trinajstić information content (AvgIpc) is 2.61. The molecule has 25 heavy (non-hydrogen) atoms. The van der Waals surface area contributed by atoms with Gasteiger partial charge in [-0.05, 0) is 81.8 Å². The fraction of sp³-hybridized carbons (Fsp3) is 0.650. The van der Waals surface area contributed by atoms with Gasteiger partial charge in [0.15, 0.2) is 0 Å². The molecule has 5 heteroatoms. The van der Waals surface area contributed by atoms with Crippen LogP contribution >= 0.6 is 0 Å². The van der Waals surface area contributed by atoms with Gasteiger partial charge >= 0.3 is 0 Å². The minimum absolute atomic E-state index is 0.182. The van der Waals surface area contributed by atoms with E-state index in [1.807, 2.05) is 13.0 Å². The summed E-state index contributed by atoms with van der Waals surface area (Å²) < 4.78 is 13.3. The van der Waals surface area contributed by atoms with Crippen LogP contribution in [0.4, 0.5) is 10.1 Å². The summed E-state index contributed by atoms with van der Waals surface area (Å²) in [5.74, 6) is 0.680. The molecule has 4 nitrogen and oxygen atoms in total. The molecule has 0 saturated carbocycles. The van der Waals surface area contributed by atoms with E-state index in [2.05, 4.69) is 15.5 Å². The molecule has 2 aliphatic rings. The van der Waals surface area contributed by atoms with Crippen molar-refractivity contribution in [2.75, 3.05) is 31.1 Å². The highest BCUT2D eigenvalue weighted by atomic mass is 19.1. The highest BCUT2D eigenvalue weighted by Gasteiger charge is 2.23. The van der Waals surface area contributed by atoms with E-state index < -0.39 is 0 Å². The van der Waals surface area contributed by atoms with Crippen LogP contribution < -0.4 is 15.5 Å². The Labute approximate surface area is 150 Å². The number of anilines is 1. The highest BCUT2D eigenvalue weighted by molar-refractivity contribution is 5.76. The summed E-state index contributed by atoms with van der Waals surface area (Å²) in [7, 11) is 0. The van der Waals surface area contributed by atoms with E-state index in [0.29, 0.717) is 12.3 Å². The Morgan fingerprint density at radius 1 is 1.32 bits per heavy atom. The largest absolute Gasteiger partial charge is 0.369 e. The summed E-state index contributed by atoms with van der Waals surface area (Å²) in [4.78, 5) is 14.6. The first-order valence-corrected chi connectivity index (χ1v) is 9.63. The molecule has 2 aliphatic heterocycles. The van der Waals surface area contributed by atoms with E-state index in [0.717, 1.165) is 56.7 Å². The van der Waals surface area contributed by atoms with E-state index in [1.165, 1.54) is 18.9 Å². The Bertz CT molecular complexity index is 586. The molecule has 0 bridgehead atoms. The van der Waals surface area contributed by atoms with E-state index >= 15 is 0 Å². The lowest BCUT2D eigenvalue weighted by molar-refractivity contribution is -0.122. The van der Waals surface area contributed by atoms with Gasteiger partial charge in [-0.2, -0.15) is 0 Å². The predicted octanol–water partition coefficient (Wildman–Crippen LogP) is 3.00. The molecule has 0 aliphatic carbocycles. The first-order valence-electron chi connectivity index (χ1n) is 9.63. The molecule has 2 saturated heterocycles. The molecule has 2 N–H and O–H groups in total. The first kappa shape index (κ1) is 18.2. The number of nitrogens with zero attached hydrogens (tertiary/aromatic N) is 1. The van der Waals surface area contributed by atoms with Crippen LogP contribution in [0.2, 0.25) is 0 Å². The van der Waals surface area contributed by atoms with Crippen molar-refractivity contribution in [2.45, 2.75) is 51.5 Å². The van der Waals surface area contributed by atoms with Gasteiger partial charge in [-0.3, -0.25) is 4.79 Å².